The van der Waals surface area contributed by atoms with E-state index in [1.807, 2.05) is 11.8 Å². The number of ether oxygens (including phenoxy) is 5. The molecule has 3 unspecified atom stereocenters. The van der Waals surface area contributed by atoms with E-state index in [9.17, 15) is 36.3 Å². The normalized spacial score (nSPS) is 19.0. The van der Waals surface area contributed by atoms with Gasteiger partial charge in [0.25, 0.3) is 0 Å². The average Bonchev–Trinajstić information content (AvgIpc) is 3.56. The van der Waals surface area contributed by atoms with Gasteiger partial charge in [0.15, 0.2) is 0 Å². The summed E-state index contributed by atoms with van der Waals surface area (Å²) >= 11 is 1.86. The lowest BCUT2D eigenvalue weighted by atomic mass is 10.0. The van der Waals surface area contributed by atoms with Gasteiger partial charge in [0.2, 0.25) is 40.7 Å². The van der Waals surface area contributed by atoms with Crippen LogP contribution in [0.4, 0.5) is 26.7 Å². The summed E-state index contributed by atoms with van der Waals surface area (Å²) in [6.45, 7) is 1.97. The minimum atomic E-state index is -2.35. The standard InChI is InChI=1S/C27H36F5N3O8S/c28-20-21(29)23(31)26(24(32)22(20)30)43-19(37)5-7-39-9-11-41-13-14-42-12-10-40-8-6-33-18(36)4-2-1-3-17-25-16(15-44-17)34-27(38)35-25/h16-17,25H,1-15H2,(H,33,36)(H2,34,35,38). The summed E-state index contributed by atoms with van der Waals surface area (Å²) in [7, 11) is 0. The van der Waals surface area contributed by atoms with Crippen LogP contribution in [0.2, 0.25) is 0 Å². The number of thioether (sulfide) groups is 1. The predicted octanol–water partition coefficient (Wildman–Crippen LogP) is 2.59. The lowest BCUT2D eigenvalue weighted by molar-refractivity contribution is -0.136. The molecule has 2 saturated heterocycles. The fraction of sp³-hybridized carbons (Fsp3) is 0.667. The third-order valence-electron chi connectivity index (χ3n) is 6.60. The molecule has 3 atom stereocenters. The number of carbonyl (C=O) groups is 3. The Morgan fingerprint density at radius 2 is 1.32 bits per heavy atom. The molecule has 44 heavy (non-hydrogen) atoms. The second-order valence-electron chi connectivity index (χ2n) is 9.79. The summed E-state index contributed by atoms with van der Waals surface area (Å²) in [5.41, 5.74) is 0. The van der Waals surface area contributed by atoms with Crippen molar-refractivity contribution in [2.45, 2.75) is 49.4 Å². The maximum atomic E-state index is 13.5. The monoisotopic (exact) mass is 657 g/mol. The largest absolute Gasteiger partial charge is 0.420 e. The number of hydrogen-bond acceptors (Lipinski definition) is 9. The first-order valence-corrected chi connectivity index (χ1v) is 15.2. The topological polar surface area (TPSA) is 133 Å². The van der Waals surface area contributed by atoms with Crippen molar-refractivity contribution >= 4 is 29.7 Å². The maximum absolute atomic E-state index is 13.5. The van der Waals surface area contributed by atoms with E-state index in [1.165, 1.54) is 0 Å². The smallest absolute Gasteiger partial charge is 0.315 e. The van der Waals surface area contributed by atoms with Gasteiger partial charge in [-0.1, -0.05) is 6.42 Å². The van der Waals surface area contributed by atoms with Crippen LogP contribution in [-0.4, -0.2) is 100 Å². The van der Waals surface area contributed by atoms with Crippen molar-refractivity contribution in [2.75, 3.05) is 65.2 Å². The Labute approximate surface area is 255 Å². The Kier molecular flexibility index (Phi) is 15.4. The van der Waals surface area contributed by atoms with E-state index >= 15 is 0 Å². The number of nitrogens with one attached hydrogen (secondary N) is 3. The van der Waals surface area contributed by atoms with Gasteiger partial charge >= 0.3 is 12.0 Å². The molecular weight excluding hydrogens is 621 g/mol. The van der Waals surface area contributed by atoms with Crippen LogP contribution in [0.3, 0.4) is 0 Å². The summed E-state index contributed by atoms with van der Waals surface area (Å²) < 4.78 is 91.7. The highest BCUT2D eigenvalue weighted by Crippen LogP contribution is 2.33. The molecule has 3 N–H and O–H groups in total. The molecule has 11 nitrogen and oxygen atoms in total. The minimum Gasteiger partial charge on any atom is -0.420 e. The first-order valence-electron chi connectivity index (χ1n) is 14.2. The molecule has 248 valence electrons. The van der Waals surface area contributed by atoms with Crippen molar-refractivity contribution in [1.82, 2.24) is 16.0 Å². The second-order valence-corrected chi connectivity index (χ2v) is 11.1. The summed E-state index contributed by atoms with van der Waals surface area (Å²) in [5, 5.41) is 9.09. The van der Waals surface area contributed by atoms with Gasteiger partial charge in [-0.05, 0) is 12.8 Å². The minimum absolute atomic E-state index is 0.0251. The van der Waals surface area contributed by atoms with Gasteiger partial charge in [-0.2, -0.15) is 20.5 Å². The zero-order chi connectivity index (χ0) is 31.9. The highest BCUT2D eigenvalue weighted by Gasteiger charge is 2.42. The summed E-state index contributed by atoms with van der Waals surface area (Å²) in [4.78, 5) is 35.0. The van der Waals surface area contributed by atoms with E-state index in [-0.39, 0.29) is 57.1 Å². The Hall–Kier alpha value is -2.73. The third kappa shape index (κ3) is 11.3. The first-order chi connectivity index (χ1) is 21.2. The molecule has 0 saturated carbocycles. The van der Waals surface area contributed by atoms with Crippen molar-refractivity contribution in [3.8, 4) is 5.75 Å². The fourth-order valence-electron chi connectivity index (χ4n) is 4.38. The highest BCUT2D eigenvalue weighted by atomic mass is 32.2. The van der Waals surface area contributed by atoms with Crippen molar-refractivity contribution in [1.29, 1.82) is 0 Å². The van der Waals surface area contributed by atoms with Crippen molar-refractivity contribution < 1.29 is 60.0 Å². The molecule has 0 radical (unpaired) electrons. The van der Waals surface area contributed by atoms with Crippen molar-refractivity contribution in [3.05, 3.63) is 29.1 Å². The number of urea groups is 1. The average molecular weight is 658 g/mol. The lowest BCUT2D eigenvalue weighted by Gasteiger charge is -2.16. The van der Waals surface area contributed by atoms with Crippen molar-refractivity contribution in [3.63, 3.8) is 0 Å². The van der Waals surface area contributed by atoms with Crippen LogP contribution >= 0.6 is 11.8 Å². The molecule has 1 aromatic carbocycles. The van der Waals surface area contributed by atoms with E-state index in [0.29, 0.717) is 38.0 Å². The first kappa shape index (κ1) is 35.7. The number of halogens is 5. The molecule has 1 aromatic rings. The quantitative estimate of drug-likeness (QED) is 0.0347. The van der Waals surface area contributed by atoms with Gasteiger partial charge in [0, 0.05) is 24.0 Å². The number of benzene rings is 1. The summed E-state index contributed by atoms with van der Waals surface area (Å²) in [5.74, 6) is -13.3. The van der Waals surface area contributed by atoms with Crippen LogP contribution in [0.5, 0.6) is 5.75 Å². The van der Waals surface area contributed by atoms with Gasteiger partial charge in [0.1, 0.15) is 0 Å². The number of carbonyl (C=O) groups excluding carboxylic acids is 3. The summed E-state index contributed by atoms with van der Waals surface area (Å²) in [6, 6.07) is 0.295. The van der Waals surface area contributed by atoms with Gasteiger partial charge in [-0.3, -0.25) is 9.59 Å². The van der Waals surface area contributed by atoms with Crippen LogP contribution in [-0.2, 0) is 28.5 Å². The third-order valence-corrected chi connectivity index (χ3v) is 8.11. The van der Waals surface area contributed by atoms with Gasteiger partial charge in [0.05, 0.1) is 71.4 Å². The number of esters is 1. The zero-order valence-electron chi connectivity index (χ0n) is 23.9. The zero-order valence-corrected chi connectivity index (χ0v) is 24.7. The molecule has 2 aliphatic rings. The van der Waals surface area contributed by atoms with Gasteiger partial charge < -0.3 is 39.6 Å². The number of fused-ring (bicyclic) bond motifs is 1. The predicted molar refractivity (Wildman–Crippen MR) is 147 cm³/mol. The second kappa shape index (κ2) is 18.9. The number of unbranched alkanes of at least 4 members (excludes halogenated alkanes) is 1. The van der Waals surface area contributed by atoms with Crippen LogP contribution in [0.25, 0.3) is 0 Å². The van der Waals surface area contributed by atoms with Gasteiger partial charge in [-0.25, -0.2) is 18.0 Å². The molecule has 3 amide bonds. The van der Waals surface area contributed by atoms with Crippen LogP contribution in [0, 0.1) is 29.1 Å². The van der Waals surface area contributed by atoms with Gasteiger partial charge in [-0.15, -0.1) is 0 Å². The summed E-state index contributed by atoms with van der Waals surface area (Å²) in [6.07, 6.45) is 2.63. The molecular formula is C27H36F5N3O8S. The highest BCUT2D eigenvalue weighted by molar-refractivity contribution is 8.00. The van der Waals surface area contributed by atoms with E-state index in [2.05, 4.69) is 20.7 Å². The molecule has 3 rings (SSSR count). The van der Waals surface area contributed by atoms with E-state index in [0.717, 1.165) is 25.0 Å². The Morgan fingerprint density at radius 1 is 0.750 bits per heavy atom. The number of hydrogen-bond donors (Lipinski definition) is 3. The van der Waals surface area contributed by atoms with Crippen LogP contribution < -0.4 is 20.7 Å². The van der Waals surface area contributed by atoms with E-state index in [4.69, 9.17) is 18.9 Å². The molecule has 0 bridgehead atoms. The van der Waals surface area contributed by atoms with E-state index in [1.54, 1.807) is 0 Å². The molecule has 0 spiro atoms. The fourth-order valence-corrected chi connectivity index (χ4v) is 5.93. The van der Waals surface area contributed by atoms with Crippen LogP contribution in [0.1, 0.15) is 32.1 Å². The molecule has 2 aliphatic heterocycles. The number of rotatable bonds is 21. The number of amides is 3. The molecule has 0 aromatic heterocycles. The Balaban J connectivity index is 1.05. The molecule has 0 aliphatic carbocycles. The Bertz CT molecular complexity index is 1090. The molecule has 2 heterocycles. The van der Waals surface area contributed by atoms with Crippen LogP contribution in [0.15, 0.2) is 0 Å². The van der Waals surface area contributed by atoms with E-state index < -0.39 is 47.2 Å². The lowest BCUT2D eigenvalue weighted by Crippen LogP contribution is -2.36. The molecule has 2 fully saturated rings. The van der Waals surface area contributed by atoms with Crippen molar-refractivity contribution in [2.24, 2.45) is 0 Å². The maximum Gasteiger partial charge on any atom is 0.315 e. The Morgan fingerprint density at radius 3 is 1.95 bits per heavy atom. The molecule has 17 heteroatoms. The SMILES string of the molecule is O=C(CCCCC1SCC2NC(=O)NC21)NCCOCCOCCOCCOCCC(=O)Oc1c(F)c(F)c(F)c(F)c1F.